The van der Waals surface area contributed by atoms with E-state index in [0.717, 1.165) is 4.90 Å². The van der Waals surface area contributed by atoms with Crippen LogP contribution in [0.25, 0.3) is 0 Å². The second kappa shape index (κ2) is 3.42. The van der Waals surface area contributed by atoms with E-state index in [9.17, 15) is 9.59 Å². The van der Waals surface area contributed by atoms with Gasteiger partial charge in [0.2, 0.25) is 5.91 Å². The van der Waals surface area contributed by atoms with Crippen molar-refractivity contribution >= 4 is 12.0 Å². The maximum Gasteiger partial charge on any atom is 0.407 e. The van der Waals surface area contributed by atoms with E-state index in [1.54, 1.807) is 13.8 Å². The lowest BCUT2D eigenvalue weighted by Gasteiger charge is -2.25. The van der Waals surface area contributed by atoms with E-state index >= 15 is 0 Å². The molecule has 0 aromatic rings. The Morgan fingerprint density at radius 1 is 1.50 bits per heavy atom. The molecule has 0 spiro atoms. The average molecular weight is 174 g/mol. The molecule has 0 bridgehead atoms. The van der Waals surface area contributed by atoms with Gasteiger partial charge in [0.15, 0.2) is 0 Å². The molecular weight excluding hydrogens is 160 g/mol. The maximum atomic E-state index is 10.8. The fourth-order valence-electron chi connectivity index (χ4n) is 0.738. The highest BCUT2D eigenvalue weighted by atomic mass is 16.4. The van der Waals surface area contributed by atoms with Gasteiger partial charge in [-0.1, -0.05) is 0 Å². The first kappa shape index (κ1) is 10.7. The van der Waals surface area contributed by atoms with Crippen LogP contribution in [0.5, 0.6) is 0 Å². The number of carboxylic acid groups (broad SMARTS) is 1. The second-order valence-electron chi connectivity index (χ2n) is 3.39. The number of nitrogens with zero attached hydrogens (tertiary/aromatic N) is 1. The lowest BCUT2D eigenvalue weighted by Crippen LogP contribution is -2.42. The minimum absolute atomic E-state index is 0.109. The fraction of sp³-hybridized carbons (Fsp3) is 0.714. The van der Waals surface area contributed by atoms with Crippen molar-refractivity contribution in [3.8, 4) is 0 Å². The van der Waals surface area contributed by atoms with E-state index < -0.39 is 17.4 Å². The first-order valence-electron chi connectivity index (χ1n) is 3.51. The zero-order valence-corrected chi connectivity index (χ0v) is 7.50. The molecule has 0 aliphatic carbocycles. The highest BCUT2D eigenvalue weighted by Crippen LogP contribution is 2.14. The number of nitrogens with two attached hydrogens (primary N) is 1. The van der Waals surface area contributed by atoms with Gasteiger partial charge >= 0.3 is 6.09 Å². The van der Waals surface area contributed by atoms with Crippen LogP contribution in [0, 0.1) is 5.41 Å². The Labute approximate surface area is 71.1 Å². The molecule has 5 heteroatoms. The van der Waals surface area contributed by atoms with E-state index in [-0.39, 0.29) is 6.54 Å². The predicted molar refractivity (Wildman–Crippen MR) is 43.6 cm³/mol. The summed E-state index contributed by atoms with van der Waals surface area (Å²) < 4.78 is 0. The van der Waals surface area contributed by atoms with E-state index in [1.165, 1.54) is 7.05 Å². The first-order chi connectivity index (χ1) is 5.27. The van der Waals surface area contributed by atoms with Crippen molar-refractivity contribution < 1.29 is 14.7 Å². The summed E-state index contributed by atoms with van der Waals surface area (Å²) in [6, 6.07) is 0. The topological polar surface area (TPSA) is 83.6 Å². The van der Waals surface area contributed by atoms with Gasteiger partial charge in [0.05, 0.1) is 5.41 Å². The van der Waals surface area contributed by atoms with Crippen LogP contribution in [0.2, 0.25) is 0 Å². The van der Waals surface area contributed by atoms with Crippen molar-refractivity contribution in [1.82, 2.24) is 4.90 Å². The fourth-order valence-corrected chi connectivity index (χ4v) is 0.738. The van der Waals surface area contributed by atoms with Gasteiger partial charge in [-0.05, 0) is 13.8 Å². The molecule has 2 amide bonds. The summed E-state index contributed by atoms with van der Waals surface area (Å²) in [5, 5.41) is 8.50. The molecule has 0 rings (SSSR count). The van der Waals surface area contributed by atoms with Crippen LogP contribution < -0.4 is 5.73 Å². The summed E-state index contributed by atoms with van der Waals surface area (Å²) in [6.07, 6.45) is -1.07. The molecule has 70 valence electrons. The average Bonchev–Trinajstić information content (AvgIpc) is 1.85. The van der Waals surface area contributed by atoms with Crippen LogP contribution in [0.1, 0.15) is 13.8 Å². The van der Waals surface area contributed by atoms with Crippen LogP contribution in [0.4, 0.5) is 4.79 Å². The third-order valence-corrected chi connectivity index (χ3v) is 1.63. The Morgan fingerprint density at radius 2 is 1.92 bits per heavy atom. The third kappa shape index (κ3) is 2.77. The quantitative estimate of drug-likeness (QED) is 0.636. The lowest BCUT2D eigenvalue weighted by atomic mass is 9.92. The largest absolute Gasteiger partial charge is 0.465 e. The van der Waals surface area contributed by atoms with Crippen LogP contribution in [-0.4, -0.2) is 35.6 Å². The number of hydrogen-bond donors (Lipinski definition) is 2. The van der Waals surface area contributed by atoms with Gasteiger partial charge in [0.1, 0.15) is 0 Å². The van der Waals surface area contributed by atoms with Gasteiger partial charge in [-0.3, -0.25) is 4.79 Å². The Morgan fingerprint density at radius 3 is 2.17 bits per heavy atom. The van der Waals surface area contributed by atoms with Crippen molar-refractivity contribution in [3.63, 3.8) is 0 Å². The number of hydrogen-bond acceptors (Lipinski definition) is 2. The Balaban J connectivity index is 4.24. The van der Waals surface area contributed by atoms with Crippen molar-refractivity contribution in [1.29, 1.82) is 0 Å². The SMILES string of the molecule is CN(CC(C)(C)C(N)=O)C(=O)O. The Hall–Kier alpha value is -1.26. The standard InChI is InChI=1S/C7H14N2O3/c1-7(2,5(8)10)4-9(3)6(11)12/h4H2,1-3H3,(H2,8,10)(H,11,12). The highest BCUT2D eigenvalue weighted by molar-refractivity contribution is 5.80. The molecule has 0 aromatic carbocycles. The molecule has 0 saturated carbocycles. The summed E-state index contributed by atoms with van der Waals surface area (Å²) in [5.41, 5.74) is 4.25. The number of carbonyl (C=O) groups is 2. The van der Waals surface area contributed by atoms with Crippen LogP contribution in [0.15, 0.2) is 0 Å². The maximum absolute atomic E-state index is 10.8. The van der Waals surface area contributed by atoms with Gasteiger partial charge in [-0.2, -0.15) is 0 Å². The van der Waals surface area contributed by atoms with E-state index in [4.69, 9.17) is 10.8 Å². The van der Waals surface area contributed by atoms with Crippen LogP contribution in [-0.2, 0) is 4.79 Å². The van der Waals surface area contributed by atoms with Crippen LogP contribution >= 0.6 is 0 Å². The summed E-state index contributed by atoms with van der Waals surface area (Å²) in [7, 11) is 1.40. The molecule has 5 nitrogen and oxygen atoms in total. The predicted octanol–water partition coefficient (Wildman–Crippen LogP) is 0.108. The van der Waals surface area contributed by atoms with Gasteiger partial charge < -0.3 is 15.7 Å². The number of primary amides is 1. The molecule has 0 unspecified atom stereocenters. The first-order valence-corrected chi connectivity index (χ1v) is 3.51. The highest BCUT2D eigenvalue weighted by Gasteiger charge is 2.28. The van der Waals surface area contributed by atoms with Crippen LogP contribution in [0.3, 0.4) is 0 Å². The normalized spacial score (nSPS) is 10.9. The minimum atomic E-state index is -1.07. The molecule has 3 N–H and O–H groups in total. The smallest absolute Gasteiger partial charge is 0.407 e. The molecule has 0 saturated heterocycles. The van der Waals surface area contributed by atoms with Crippen molar-refractivity contribution in [3.05, 3.63) is 0 Å². The monoisotopic (exact) mass is 174 g/mol. The van der Waals surface area contributed by atoms with E-state index in [1.807, 2.05) is 0 Å². The summed E-state index contributed by atoms with van der Waals surface area (Å²) in [5.74, 6) is -0.504. The number of rotatable bonds is 3. The van der Waals surface area contributed by atoms with Gasteiger partial charge in [0, 0.05) is 13.6 Å². The number of amides is 2. The molecule has 0 aromatic heterocycles. The molecule has 0 fully saturated rings. The molecule has 0 aliphatic heterocycles. The van der Waals surface area contributed by atoms with Crippen molar-refractivity contribution in [2.75, 3.05) is 13.6 Å². The molecular formula is C7H14N2O3. The van der Waals surface area contributed by atoms with E-state index in [0.29, 0.717) is 0 Å². The van der Waals surface area contributed by atoms with Gasteiger partial charge in [-0.15, -0.1) is 0 Å². The summed E-state index contributed by atoms with van der Waals surface area (Å²) in [4.78, 5) is 22.2. The van der Waals surface area contributed by atoms with E-state index in [2.05, 4.69) is 0 Å². The molecule has 0 aliphatic rings. The Kier molecular flexibility index (Phi) is 3.06. The second-order valence-corrected chi connectivity index (χ2v) is 3.39. The molecule has 0 radical (unpaired) electrons. The molecule has 12 heavy (non-hydrogen) atoms. The third-order valence-electron chi connectivity index (χ3n) is 1.63. The van der Waals surface area contributed by atoms with Gasteiger partial charge in [-0.25, -0.2) is 4.79 Å². The molecule has 0 atom stereocenters. The summed E-state index contributed by atoms with van der Waals surface area (Å²) >= 11 is 0. The minimum Gasteiger partial charge on any atom is -0.465 e. The van der Waals surface area contributed by atoms with Crippen molar-refractivity contribution in [2.24, 2.45) is 11.1 Å². The Bertz CT molecular complexity index is 201. The number of carbonyl (C=O) groups excluding carboxylic acids is 1. The molecule has 0 heterocycles. The zero-order valence-electron chi connectivity index (χ0n) is 7.50. The lowest BCUT2D eigenvalue weighted by molar-refractivity contribution is -0.126. The summed E-state index contributed by atoms with van der Waals surface area (Å²) in [6.45, 7) is 3.32. The van der Waals surface area contributed by atoms with Crippen molar-refractivity contribution in [2.45, 2.75) is 13.8 Å². The zero-order chi connectivity index (χ0) is 9.94. The van der Waals surface area contributed by atoms with Gasteiger partial charge in [0.25, 0.3) is 0 Å².